The second-order valence-corrected chi connectivity index (χ2v) is 14.3. The molecule has 0 N–H and O–H groups in total. The molecule has 0 aliphatic rings. The Hall–Kier alpha value is -7.16. The monoisotopic (exact) mass is 686 g/mol. The number of benzene rings is 10. The number of fused-ring (bicyclic) bond motifs is 12. The molecule has 2 heterocycles. The molecule has 0 bridgehead atoms. The summed E-state index contributed by atoms with van der Waals surface area (Å²) in [5.74, 6) is 0. The minimum atomic E-state index is 0.793. The molecule has 0 amide bonds. The SMILES string of the molecule is c1cc(-c2ccc3oc4c(ccc5c6ccccc6oc54)c3c2)cc(-c2c3ccccc3c(-c3cc4ccccc4c4ccccc34)c3ccccc23)c1. The molecule has 2 nitrogen and oxygen atoms in total. The minimum Gasteiger partial charge on any atom is -0.452 e. The molecule has 0 saturated carbocycles. The zero-order valence-electron chi connectivity index (χ0n) is 29.1. The highest BCUT2D eigenvalue weighted by Gasteiger charge is 2.20. The van der Waals surface area contributed by atoms with Crippen molar-refractivity contribution in [2.45, 2.75) is 0 Å². The van der Waals surface area contributed by atoms with Gasteiger partial charge in [-0.1, -0.05) is 140 Å². The van der Waals surface area contributed by atoms with E-state index >= 15 is 0 Å². The predicted octanol–water partition coefficient (Wildman–Crippen LogP) is 15.1. The Morgan fingerprint density at radius 2 is 0.778 bits per heavy atom. The van der Waals surface area contributed by atoms with Crippen LogP contribution in [0.25, 0.3) is 120 Å². The van der Waals surface area contributed by atoms with Crippen LogP contribution in [0.15, 0.2) is 191 Å². The zero-order chi connectivity index (χ0) is 35.3. The Bertz CT molecular complexity index is 3450. The average molecular weight is 687 g/mol. The maximum absolute atomic E-state index is 6.48. The first-order valence-corrected chi connectivity index (χ1v) is 18.5. The van der Waals surface area contributed by atoms with E-state index in [2.05, 4.69) is 164 Å². The number of furan rings is 2. The molecule has 10 aromatic carbocycles. The van der Waals surface area contributed by atoms with E-state index in [1.165, 1.54) is 65.3 Å². The van der Waals surface area contributed by atoms with E-state index in [1.54, 1.807) is 0 Å². The summed E-state index contributed by atoms with van der Waals surface area (Å²) in [6.07, 6.45) is 0. The van der Waals surface area contributed by atoms with Crippen LogP contribution in [0.5, 0.6) is 0 Å². The van der Waals surface area contributed by atoms with E-state index in [0.717, 1.165) is 55.0 Å². The molecule has 0 saturated heterocycles. The highest BCUT2D eigenvalue weighted by Crippen LogP contribution is 2.47. The fourth-order valence-electron chi connectivity index (χ4n) is 9.04. The van der Waals surface area contributed by atoms with Crippen LogP contribution in [-0.4, -0.2) is 0 Å². The normalized spacial score (nSPS) is 12.1. The van der Waals surface area contributed by atoms with Crippen LogP contribution in [0.1, 0.15) is 0 Å². The smallest absolute Gasteiger partial charge is 0.178 e. The lowest BCUT2D eigenvalue weighted by atomic mass is 9.83. The molecule has 0 spiro atoms. The number of hydrogen-bond acceptors (Lipinski definition) is 2. The molecule has 12 rings (SSSR count). The third kappa shape index (κ3) is 4.17. The molecule has 250 valence electrons. The van der Waals surface area contributed by atoms with Crippen molar-refractivity contribution in [3.05, 3.63) is 182 Å². The van der Waals surface area contributed by atoms with Crippen LogP contribution in [-0.2, 0) is 0 Å². The summed E-state index contributed by atoms with van der Waals surface area (Å²) < 4.78 is 12.8. The lowest BCUT2D eigenvalue weighted by Crippen LogP contribution is -1.92. The van der Waals surface area contributed by atoms with Gasteiger partial charge in [0.2, 0.25) is 0 Å². The van der Waals surface area contributed by atoms with Gasteiger partial charge >= 0.3 is 0 Å². The van der Waals surface area contributed by atoms with Gasteiger partial charge in [0, 0.05) is 21.5 Å². The zero-order valence-corrected chi connectivity index (χ0v) is 29.1. The van der Waals surface area contributed by atoms with Gasteiger partial charge in [0.15, 0.2) is 11.2 Å². The first-order valence-electron chi connectivity index (χ1n) is 18.5. The van der Waals surface area contributed by atoms with E-state index in [-0.39, 0.29) is 0 Å². The molecule has 0 aliphatic carbocycles. The maximum Gasteiger partial charge on any atom is 0.178 e. The van der Waals surface area contributed by atoms with Crippen molar-refractivity contribution in [2.24, 2.45) is 0 Å². The van der Waals surface area contributed by atoms with E-state index in [4.69, 9.17) is 8.83 Å². The number of para-hydroxylation sites is 1. The molecule has 0 atom stereocenters. The van der Waals surface area contributed by atoms with Crippen molar-refractivity contribution in [1.29, 1.82) is 0 Å². The van der Waals surface area contributed by atoms with Crippen molar-refractivity contribution in [2.75, 3.05) is 0 Å². The van der Waals surface area contributed by atoms with Gasteiger partial charge in [-0.25, -0.2) is 0 Å². The summed E-state index contributed by atoms with van der Waals surface area (Å²) in [6.45, 7) is 0. The van der Waals surface area contributed by atoms with Crippen LogP contribution in [0, 0.1) is 0 Å². The van der Waals surface area contributed by atoms with Crippen LogP contribution in [0.2, 0.25) is 0 Å². The number of rotatable bonds is 3. The van der Waals surface area contributed by atoms with Crippen molar-refractivity contribution in [3.63, 3.8) is 0 Å². The van der Waals surface area contributed by atoms with Crippen LogP contribution in [0.4, 0.5) is 0 Å². The van der Waals surface area contributed by atoms with Crippen molar-refractivity contribution in [3.8, 4) is 33.4 Å². The Morgan fingerprint density at radius 3 is 1.50 bits per heavy atom. The quantitative estimate of drug-likeness (QED) is 0.137. The van der Waals surface area contributed by atoms with E-state index in [9.17, 15) is 0 Å². The molecule has 2 heteroatoms. The summed E-state index contributed by atoms with van der Waals surface area (Å²) >= 11 is 0. The van der Waals surface area contributed by atoms with Gasteiger partial charge in [0.1, 0.15) is 11.2 Å². The van der Waals surface area contributed by atoms with Crippen LogP contribution in [0.3, 0.4) is 0 Å². The predicted molar refractivity (Wildman–Crippen MR) is 227 cm³/mol. The lowest BCUT2D eigenvalue weighted by molar-refractivity contribution is 0.633. The van der Waals surface area contributed by atoms with Gasteiger partial charge in [-0.2, -0.15) is 0 Å². The van der Waals surface area contributed by atoms with Gasteiger partial charge in [-0.05, 0) is 119 Å². The van der Waals surface area contributed by atoms with Gasteiger partial charge in [-0.3, -0.25) is 0 Å². The Balaban J connectivity index is 1.07. The Morgan fingerprint density at radius 1 is 0.259 bits per heavy atom. The second-order valence-electron chi connectivity index (χ2n) is 14.3. The topological polar surface area (TPSA) is 26.3 Å². The molecular weight excluding hydrogens is 657 g/mol. The van der Waals surface area contributed by atoms with E-state index < -0.39 is 0 Å². The highest BCUT2D eigenvalue weighted by atomic mass is 16.4. The molecule has 0 aliphatic heterocycles. The summed E-state index contributed by atoms with van der Waals surface area (Å²) in [5, 5.41) is 14.4. The van der Waals surface area contributed by atoms with Gasteiger partial charge in [-0.15, -0.1) is 0 Å². The van der Waals surface area contributed by atoms with Gasteiger partial charge in [0.25, 0.3) is 0 Å². The summed E-state index contributed by atoms with van der Waals surface area (Å²) in [6, 6.07) is 65.9. The summed E-state index contributed by atoms with van der Waals surface area (Å²) in [5.41, 5.74) is 10.6. The lowest BCUT2D eigenvalue weighted by Gasteiger charge is -2.20. The fraction of sp³-hybridized carbons (Fsp3) is 0. The Kier molecular flexibility index (Phi) is 6.09. The Labute approximate surface area is 310 Å². The van der Waals surface area contributed by atoms with Crippen molar-refractivity contribution >= 4 is 87.0 Å². The molecule has 0 radical (unpaired) electrons. The largest absolute Gasteiger partial charge is 0.452 e. The van der Waals surface area contributed by atoms with Crippen molar-refractivity contribution < 1.29 is 8.83 Å². The molecular formula is C52H30O2. The molecule has 0 fully saturated rings. The summed E-state index contributed by atoms with van der Waals surface area (Å²) in [4.78, 5) is 0. The molecule has 0 unspecified atom stereocenters. The molecule has 2 aromatic heterocycles. The van der Waals surface area contributed by atoms with Crippen molar-refractivity contribution in [1.82, 2.24) is 0 Å². The standard InChI is InChI=1S/C52H30O2/c1-2-15-35-33(12-1)30-46(37-17-4-3-16-36(35)37)50-41-21-7-5-19-39(41)49(40-20-6-8-22-42(40)50)34-14-11-13-31(28-34)32-24-27-48-45(29-32)44-26-25-43-38-18-9-10-23-47(38)53-51(43)52(44)54-48/h1-30H. The third-order valence-corrected chi connectivity index (χ3v) is 11.4. The number of hydrogen-bond donors (Lipinski definition) is 0. The third-order valence-electron chi connectivity index (χ3n) is 11.4. The minimum absolute atomic E-state index is 0.793. The van der Waals surface area contributed by atoms with Gasteiger partial charge < -0.3 is 8.83 Å². The molecule has 54 heavy (non-hydrogen) atoms. The first kappa shape index (κ1) is 29.4. The van der Waals surface area contributed by atoms with E-state index in [1.807, 2.05) is 18.2 Å². The fourth-order valence-corrected chi connectivity index (χ4v) is 9.04. The van der Waals surface area contributed by atoms with Crippen LogP contribution >= 0.6 is 0 Å². The average Bonchev–Trinajstić information content (AvgIpc) is 3.81. The first-order chi connectivity index (χ1) is 26.8. The van der Waals surface area contributed by atoms with Crippen LogP contribution < -0.4 is 0 Å². The highest BCUT2D eigenvalue weighted by molar-refractivity contribution is 6.26. The van der Waals surface area contributed by atoms with E-state index in [0.29, 0.717) is 0 Å². The maximum atomic E-state index is 6.48. The second kappa shape index (κ2) is 11.2. The summed E-state index contributed by atoms with van der Waals surface area (Å²) in [7, 11) is 0. The van der Waals surface area contributed by atoms with Gasteiger partial charge in [0.05, 0.1) is 0 Å². The molecule has 12 aromatic rings.